The molecule has 0 aliphatic carbocycles. The van der Waals surface area contributed by atoms with Crippen molar-refractivity contribution in [2.45, 2.75) is 51.2 Å². The Bertz CT molecular complexity index is 1230. The molecule has 2 aromatic rings. The van der Waals surface area contributed by atoms with Gasteiger partial charge in [0.25, 0.3) is 5.69 Å². The molecule has 1 aliphatic rings. The number of hydrogen-bond acceptors (Lipinski definition) is 14. The summed E-state index contributed by atoms with van der Waals surface area (Å²) in [7, 11) is 1.07. The summed E-state index contributed by atoms with van der Waals surface area (Å²) in [5, 5.41) is 21.3. The summed E-state index contributed by atoms with van der Waals surface area (Å²) < 4.78 is 36.2. The number of aliphatic hydroxyl groups is 1. The predicted molar refractivity (Wildman–Crippen MR) is 129 cm³/mol. The zero-order valence-corrected chi connectivity index (χ0v) is 21.4. The summed E-state index contributed by atoms with van der Waals surface area (Å²) in [4.78, 5) is 57.6. The van der Waals surface area contributed by atoms with Crippen molar-refractivity contribution in [3.8, 4) is 11.5 Å². The maximum atomic E-state index is 12.2. The van der Waals surface area contributed by atoms with E-state index >= 15 is 0 Å². The van der Waals surface area contributed by atoms with Crippen LogP contribution in [-0.2, 0) is 44.7 Å². The zero-order chi connectivity index (χ0) is 29.4. The third-order valence-corrected chi connectivity index (χ3v) is 5.34. The molecule has 3 rings (SSSR count). The quantitative estimate of drug-likeness (QED) is 0.152. The molecule has 1 fully saturated rings. The van der Waals surface area contributed by atoms with E-state index in [1.165, 1.54) is 48.5 Å². The van der Waals surface area contributed by atoms with Gasteiger partial charge in [-0.15, -0.1) is 0 Å². The van der Waals surface area contributed by atoms with Crippen LogP contribution in [0.5, 0.6) is 11.5 Å². The largest absolute Gasteiger partial charge is 0.514 e. The van der Waals surface area contributed by atoms with Crippen molar-refractivity contribution in [3.05, 3.63) is 64.2 Å². The first kappa shape index (κ1) is 29.8. The maximum absolute atomic E-state index is 12.2. The molecular formula is C25H25NO14. The second-order valence-electron chi connectivity index (χ2n) is 8.24. The Kier molecular flexibility index (Phi) is 9.94. The van der Waals surface area contributed by atoms with Gasteiger partial charge in [-0.05, 0) is 29.8 Å². The fourth-order valence-corrected chi connectivity index (χ4v) is 3.57. The minimum atomic E-state index is -1.73. The first-order valence-electron chi connectivity index (χ1n) is 11.6. The normalized spacial score (nSPS) is 21.9. The SMILES string of the molecule is COC(=O)[C@H]1O[C@@H](Oc2ccc(COC(=O)Oc3ccc([N+](=O)[O-])cc3)cc2)[C@H](OC(C)=O)[C@@H](OC(C)=O)[C@@H]1O. The molecule has 0 bridgehead atoms. The fourth-order valence-electron chi connectivity index (χ4n) is 3.57. The highest BCUT2D eigenvalue weighted by Gasteiger charge is 2.53. The summed E-state index contributed by atoms with van der Waals surface area (Å²) in [6.07, 6.45) is -8.86. The minimum absolute atomic E-state index is 0.0524. The molecule has 1 heterocycles. The number of hydrogen-bond donors (Lipinski definition) is 1. The number of esters is 3. The van der Waals surface area contributed by atoms with Crippen LogP contribution in [0.15, 0.2) is 48.5 Å². The van der Waals surface area contributed by atoms with E-state index in [-0.39, 0.29) is 23.8 Å². The summed E-state index contributed by atoms with van der Waals surface area (Å²) in [6.45, 7) is 1.95. The van der Waals surface area contributed by atoms with E-state index in [1.807, 2.05) is 0 Å². The Balaban J connectivity index is 1.66. The van der Waals surface area contributed by atoms with Gasteiger partial charge in [-0.2, -0.15) is 0 Å². The van der Waals surface area contributed by atoms with Gasteiger partial charge in [-0.25, -0.2) is 9.59 Å². The van der Waals surface area contributed by atoms with Crippen LogP contribution in [0.3, 0.4) is 0 Å². The van der Waals surface area contributed by atoms with Crippen LogP contribution in [0, 0.1) is 10.1 Å². The van der Waals surface area contributed by atoms with E-state index in [0.717, 1.165) is 21.0 Å². The minimum Gasteiger partial charge on any atom is -0.467 e. The standard InChI is InChI=1S/C25H25NO14/c1-13(27)36-20-19(29)21(23(30)34-3)40-24(22(20)37-14(2)28)38-17-8-4-15(5-9-17)12-35-25(31)39-18-10-6-16(7-11-18)26(32)33/h4-11,19-22,24,29H,12H2,1-3H3/t19-,20-,21-,22+,24+/m0/s1. The second kappa shape index (κ2) is 13.3. The molecule has 15 nitrogen and oxygen atoms in total. The Morgan fingerprint density at radius 1 is 0.925 bits per heavy atom. The molecule has 1 N–H and O–H groups in total. The van der Waals surface area contributed by atoms with Gasteiger partial charge in [0.1, 0.15) is 24.2 Å². The van der Waals surface area contributed by atoms with Gasteiger partial charge < -0.3 is 38.3 Å². The molecule has 0 radical (unpaired) electrons. The van der Waals surface area contributed by atoms with Gasteiger partial charge in [0.2, 0.25) is 12.4 Å². The van der Waals surface area contributed by atoms with Crippen molar-refractivity contribution < 1.29 is 62.4 Å². The van der Waals surface area contributed by atoms with Crippen molar-refractivity contribution in [1.82, 2.24) is 0 Å². The van der Waals surface area contributed by atoms with Crippen molar-refractivity contribution in [1.29, 1.82) is 0 Å². The molecule has 1 saturated heterocycles. The van der Waals surface area contributed by atoms with Crippen molar-refractivity contribution in [3.63, 3.8) is 0 Å². The van der Waals surface area contributed by atoms with E-state index in [1.54, 1.807) is 0 Å². The van der Waals surface area contributed by atoms with Gasteiger partial charge in [-0.1, -0.05) is 12.1 Å². The lowest BCUT2D eigenvalue weighted by Gasteiger charge is -2.41. The van der Waals surface area contributed by atoms with E-state index in [2.05, 4.69) is 4.74 Å². The average molecular weight is 563 g/mol. The zero-order valence-electron chi connectivity index (χ0n) is 21.4. The number of methoxy groups -OCH3 is 1. The first-order chi connectivity index (χ1) is 19.0. The van der Waals surface area contributed by atoms with E-state index in [0.29, 0.717) is 5.56 Å². The Morgan fingerprint density at radius 3 is 2.05 bits per heavy atom. The predicted octanol–water partition coefficient (Wildman–Crippen LogP) is 1.81. The highest BCUT2D eigenvalue weighted by atomic mass is 16.7. The molecule has 0 saturated carbocycles. The number of nitro benzene ring substituents is 1. The third kappa shape index (κ3) is 7.87. The fraction of sp³-hybridized carbons (Fsp3) is 0.360. The molecule has 0 spiro atoms. The molecular weight excluding hydrogens is 538 g/mol. The van der Waals surface area contributed by atoms with Gasteiger partial charge in [0, 0.05) is 26.0 Å². The van der Waals surface area contributed by atoms with Crippen LogP contribution >= 0.6 is 0 Å². The van der Waals surface area contributed by atoms with Crippen LogP contribution in [0.2, 0.25) is 0 Å². The molecule has 0 aromatic heterocycles. The van der Waals surface area contributed by atoms with Gasteiger partial charge in [0.05, 0.1) is 12.0 Å². The third-order valence-electron chi connectivity index (χ3n) is 5.34. The highest BCUT2D eigenvalue weighted by molar-refractivity contribution is 5.76. The molecule has 5 atom stereocenters. The maximum Gasteiger partial charge on any atom is 0.514 e. The number of aliphatic hydroxyl groups excluding tert-OH is 1. The van der Waals surface area contributed by atoms with Crippen molar-refractivity contribution >= 4 is 29.8 Å². The summed E-state index contributed by atoms with van der Waals surface area (Å²) in [5.41, 5.74) is 0.342. The second-order valence-corrected chi connectivity index (χ2v) is 8.24. The summed E-state index contributed by atoms with van der Waals surface area (Å²) in [5.74, 6) is -2.39. The number of carbonyl (C=O) groups is 4. The van der Waals surface area contributed by atoms with E-state index in [4.69, 9.17) is 28.4 Å². The number of ether oxygens (including phenoxy) is 7. The van der Waals surface area contributed by atoms with Gasteiger partial charge in [0.15, 0.2) is 12.2 Å². The monoisotopic (exact) mass is 563 g/mol. The lowest BCUT2D eigenvalue weighted by Crippen LogP contribution is -2.63. The van der Waals surface area contributed by atoms with Crippen LogP contribution in [0.25, 0.3) is 0 Å². The number of rotatable bonds is 9. The molecule has 0 unspecified atom stereocenters. The van der Waals surface area contributed by atoms with Crippen LogP contribution in [0.4, 0.5) is 10.5 Å². The molecule has 2 aromatic carbocycles. The topological polar surface area (TPSA) is 196 Å². The lowest BCUT2D eigenvalue weighted by molar-refractivity contribution is -0.384. The van der Waals surface area contributed by atoms with Crippen LogP contribution < -0.4 is 9.47 Å². The lowest BCUT2D eigenvalue weighted by atomic mass is 9.98. The smallest absolute Gasteiger partial charge is 0.467 e. The number of nitro groups is 1. The van der Waals surface area contributed by atoms with Crippen LogP contribution in [-0.4, -0.2) is 71.9 Å². The molecule has 15 heteroatoms. The molecule has 0 amide bonds. The Labute approximate surface area is 226 Å². The number of non-ortho nitro benzene ring substituents is 1. The van der Waals surface area contributed by atoms with Gasteiger partial charge in [-0.3, -0.25) is 19.7 Å². The van der Waals surface area contributed by atoms with E-state index in [9.17, 15) is 34.4 Å². The Morgan fingerprint density at radius 2 is 1.50 bits per heavy atom. The van der Waals surface area contributed by atoms with Gasteiger partial charge >= 0.3 is 24.1 Å². The average Bonchev–Trinajstić information content (AvgIpc) is 2.91. The van der Waals surface area contributed by atoms with Crippen molar-refractivity contribution in [2.24, 2.45) is 0 Å². The van der Waals surface area contributed by atoms with Crippen molar-refractivity contribution in [2.75, 3.05) is 7.11 Å². The molecule has 1 aliphatic heterocycles. The molecule has 40 heavy (non-hydrogen) atoms. The van der Waals surface area contributed by atoms with E-state index < -0.39 is 59.7 Å². The first-order valence-corrected chi connectivity index (χ1v) is 11.6. The highest BCUT2D eigenvalue weighted by Crippen LogP contribution is 2.29. The molecule has 214 valence electrons. The van der Waals surface area contributed by atoms with Crippen LogP contribution in [0.1, 0.15) is 19.4 Å². The summed E-state index contributed by atoms with van der Waals surface area (Å²) in [6, 6.07) is 10.8. The number of nitrogens with zero attached hydrogens (tertiary/aromatic N) is 1. The Hall–Kier alpha value is -4.76. The number of carbonyl (C=O) groups excluding carboxylic acids is 4. The summed E-state index contributed by atoms with van der Waals surface area (Å²) >= 11 is 0. The number of benzene rings is 2.